The molecule has 0 aliphatic carbocycles. The number of methoxy groups -OCH3 is 1. The van der Waals surface area contributed by atoms with E-state index in [1.807, 2.05) is 0 Å². The molecule has 1 aliphatic rings. The Hall–Kier alpha value is -1.90. The van der Waals surface area contributed by atoms with Crippen LogP contribution in [0.5, 0.6) is 5.75 Å². The molecule has 0 radical (unpaired) electrons. The van der Waals surface area contributed by atoms with E-state index in [1.165, 1.54) is 23.5 Å². The fraction of sp³-hybridized carbons (Fsp3) is 0.368. The Labute approximate surface area is 160 Å². The highest BCUT2D eigenvalue weighted by Gasteiger charge is 2.39. The lowest BCUT2D eigenvalue weighted by molar-refractivity contribution is 0.386. The summed E-state index contributed by atoms with van der Waals surface area (Å²) in [6.45, 7) is 2.11. The first-order valence-corrected chi connectivity index (χ1v) is 11.8. The van der Waals surface area contributed by atoms with Crippen molar-refractivity contribution >= 4 is 19.9 Å². The highest BCUT2D eigenvalue weighted by Crippen LogP contribution is 2.33. The van der Waals surface area contributed by atoms with Crippen LogP contribution >= 0.6 is 0 Å². The fourth-order valence-electron chi connectivity index (χ4n) is 3.38. The predicted octanol–water partition coefficient (Wildman–Crippen LogP) is 2.63. The van der Waals surface area contributed by atoms with Gasteiger partial charge in [0, 0.05) is 12.6 Å². The molecule has 27 heavy (non-hydrogen) atoms. The minimum Gasteiger partial charge on any atom is -0.495 e. The van der Waals surface area contributed by atoms with E-state index >= 15 is 0 Å². The van der Waals surface area contributed by atoms with E-state index in [4.69, 9.17) is 4.74 Å². The van der Waals surface area contributed by atoms with Gasteiger partial charge >= 0.3 is 0 Å². The van der Waals surface area contributed by atoms with Crippen LogP contribution in [-0.4, -0.2) is 46.6 Å². The molecule has 1 heterocycles. The standard InChI is InChI=1S/C19H23NO5S2/c1-15-10-11-18(25-2)19(13-15)27(23,24)20-12-6-7-16(20)14-26(21,22)17-8-4-3-5-9-17/h3-5,8-11,13,16H,6-7,12,14H2,1-2H3. The lowest BCUT2D eigenvalue weighted by atomic mass is 10.2. The number of hydrogen-bond donors (Lipinski definition) is 0. The van der Waals surface area contributed by atoms with Crippen LogP contribution in [0.2, 0.25) is 0 Å². The van der Waals surface area contributed by atoms with Gasteiger partial charge in [0.1, 0.15) is 10.6 Å². The molecule has 0 saturated carbocycles. The highest BCUT2D eigenvalue weighted by atomic mass is 32.2. The SMILES string of the molecule is COc1ccc(C)cc1S(=O)(=O)N1CCCC1CS(=O)(=O)c1ccccc1. The first-order valence-electron chi connectivity index (χ1n) is 8.70. The Kier molecular flexibility index (Phi) is 5.60. The molecule has 8 heteroatoms. The first-order chi connectivity index (χ1) is 12.8. The van der Waals surface area contributed by atoms with Gasteiger partial charge in [0.2, 0.25) is 10.0 Å². The fourth-order valence-corrected chi connectivity index (χ4v) is 7.03. The zero-order chi connectivity index (χ0) is 19.7. The maximum absolute atomic E-state index is 13.3. The van der Waals surface area contributed by atoms with Crippen molar-refractivity contribution in [2.24, 2.45) is 0 Å². The summed E-state index contributed by atoms with van der Waals surface area (Å²) in [6, 6.07) is 12.5. The topological polar surface area (TPSA) is 80.8 Å². The van der Waals surface area contributed by atoms with Crippen LogP contribution in [0.4, 0.5) is 0 Å². The smallest absolute Gasteiger partial charge is 0.247 e. The van der Waals surface area contributed by atoms with Gasteiger partial charge in [-0.2, -0.15) is 4.31 Å². The van der Waals surface area contributed by atoms with E-state index in [0.29, 0.717) is 19.4 Å². The normalized spacial score (nSPS) is 18.5. The number of aryl methyl sites for hydroxylation is 1. The number of ether oxygens (including phenoxy) is 1. The Balaban J connectivity index is 1.94. The van der Waals surface area contributed by atoms with Crippen LogP contribution in [0.25, 0.3) is 0 Å². The van der Waals surface area contributed by atoms with Gasteiger partial charge in [-0.05, 0) is 49.6 Å². The summed E-state index contributed by atoms with van der Waals surface area (Å²) in [7, 11) is -6.02. The molecule has 6 nitrogen and oxygen atoms in total. The van der Waals surface area contributed by atoms with Crippen molar-refractivity contribution in [3.63, 3.8) is 0 Å². The minimum absolute atomic E-state index is 0.0778. The molecule has 1 unspecified atom stereocenters. The maximum Gasteiger partial charge on any atom is 0.247 e. The molecule has 2 aromatic carbocycles. The molecule has 1 atom stereocenters. The van der Waals surface area contributed by atoms with E-state index in [2.05, 4.69) is 0 Å². The van der Waals surface area contributed by atoms with Gasteiger partial charge in [-0.3, -0.25) is 0 Å². The van der Waals surface area contributed by atoms with Crippen molar-refractivity contribution in [3.05, 3.63) is 54.1 Å². The molecule has 0 N–H and O–H groups in total. The summed E-state index contributed by atoms with van der Waals surface area (Å²) >= 11 is 0. The highest BCUT2D eigenvalue weighted by molar-refractivity contribution is 7.91. The van der Waals surface area contributed by atoms with Gasteiger partial charge in [0.05, 0.1) is 17.8 Å². The maximum atomic E-state index is 13.3. The second kappa shape index (κ2) is 7.61. The molecule has 1 saturated heterocycles. The Bertz CT molecular complexity index is 1020. The predicted molar refractivity (Wildman–Crippen MR) is 103 cm³/mol. The van der Waals surface area contributed by atoms with Crippen molar-refractivity contribution < 1.29 is 21.6 Å². The number of benzene rings is 2. The van der Waals surface area contributed by atoms with Gasteiger partial charge in [-0.25, -0.2) is 16.8 Å². The van der Waals surface area contributed by atoms with Gasteiger partial charge in [0.25, 0.3) is 0 Å². The third kappa shape index (κ3) is 4.02. The van der Waals surface area contributed by atoms with E-state index in [0.717, 1.165) is 5.56 Å². The number of sulfone groups is 1. The van der Waals surface area contributed by atoms with Gasteiger partial charge in [0.15, 0.2) is 9.84 Å². The van der Waals surface area contributed by atoms with Crippen molar-refractivity contribution in [2.45, 2.75) is 35.6 Å². The van der Waals surface area contributed by atoms with Gasteiger partial charge in [-0.15, -0.1) is 0 Å². The molecular weight excluding hydrogens is 386 g/mol. The molecule has 2 aromatic rings. The summed E-state index contributed by atoms with van der Waals surface area (Å²) in [5.41, 5.74) is 0.794. The summed E-state index contributed by atoms with van der Waals surface area (Å²) < 4.78 is 58.5. The summed E-state index contributed by atoms with van der Waals surface area (Å²) in [6.07, 6.45) is 1.14. The summed E-state index contributed by atoms with van der Waals surface area (Å²) in [5.74, 6) is 0.0295. The Morgan fingerprint density at radius 3 is 2.44 bits per heavy atom. The molecule has 0 bridgehead atoms. The molecular formula is C19H23NO5S2. The second-order valence-corrected chi connectivity index (χ2v) is 10.6. The van der Waals surface area contributed by atoms with Crippen LogP contribution in [0, 0.1) is 6.92 Å². The van der Waals surface area contributed by atoms with Crippen LogP contribution in [0.15, 0.2) is 58.3 Å². The number of sulfonamides is 1. The van der Waals surface area contributed by atoms with Crippen LogP contribution in [0.3, 0.4) is 0 Å². The molecule has 0 spiro atoms. The van der Waals surface area contributed by atoms with Crippen LogP contribution in [0.1, 0.15) is 18.4 Å². The molecule has 1 aliphatic heterocycles. The van der Waals surface area contributed by atoms with Gasteiger partial charge < -0.3 is 4.74 Å². The Morgan fingerprint density at radius 2 is 1.78 bits per heavy atom. The lowest BCUT2D eigenvalue weighted by Crippen LogP contribution is -2.39. The van der Waals surface area contributed by atoms with E-state index in [9.17, 15) is 16.8 Å². The first kappa shape index (κ1) is 19.9. The zero-order valence-corrected chi connectivity index (χ0v) is 17.0. The van der Waals surface area contributed by atoms with Gasteiger partial charge in [-0.1, -0.05) is 24.3 Å². The van der Waals surface area contributed by atoms with Crippen LogP contribution in [-0.2, 0) is 19.9 Å². The summed E-state index contributed by atoms with van der Waals surface area (Å²) in [4.78, 5) is 0.288. The zero-order valence-electron chi connectivity index (χ0n) is 15.3. The van der Waals surface area contributed by atoms with E-state index < -0.39 is 25.9 Å². The molecule has 0 amide bonds. The summed E-state index contributed by atoms with van der Waals surface area (Å²) in [5, 5.41) is 0. The molecule has 1 fully saturated rings. The monoisotopic (exact) mass is 409 g/mol. The largest absolute Gasteiger partial charge is 0.495 e. The second-order valence-electron chi connectivity index (χ2n) is 6.66. The quantitative estimate of drug-likeness (QED) is 0.733. The minimum atomic E-state index is -3.86. The van der Waals surface area contributed by atoms with E-state index in [-0.39, 0.29) is 21.3 Å². The number of hydrogen-bond acceptors (Lipinski definition) is 5. The van der Waals surface area contributed by atoms with E-state index in [1.54, 1.807) is 43.3 Å². The van der Waals surface area contributed by atoms with Crippen molar-refractivity contribution in [3.8, 4) is 5.75 Å². The third-order valence-electron chi connectivity index (χ3n) is 4.74. The third-order valence-corrected chi connectivity index (χ3v) is 8.53. The average molecular weight is 410 g/mol. The van der Waals surface area contributed by atoms with Crippen molar-refractivity contribution in [1.82, 2.24) is 4.31 Å². The molecule has 146 valence electrons. The molecule has 0 aromatic heterocycles. The number of rotatable bonds is 6. The Morgan fingerprint density at radius 1 is 1.07 bits per heavy atom. The number of nitrogens with zero attached hydrogens (tertiary/aromatic N) is 1. The van der Waals surface area contributed by atoms with Crippen LogP contribution < -0.4 is 4.74 Å². The van der Waals surface area contributed by atoms with Crippen molar-refractivity contribution in [1.29, 1.82) is 0 Å². The van der Waals surface area contributed by atoms with Crippen molar-refractivity contribution in [2.75, 3.05) is 19.4 Å². The average Bonchev–Trinajstić information content (AvgIpc) is 3.10. The molecule has 3 rings (SSSR count). The lowest BCUT2D eigenvalue weighted by Gasteiger charge is -2.25.